The summed E-state index contributed by atoms with van der Waals surface area (Å²) in [5.41, 5.74) is 2.71. The molecule has 0 saturated heterocycles. The van der Waals surface area contributed by atoms with Gasteiger partial charge in [0.1, 0.15) is 6.61 Å². The topological polar surface area (TPSA) is 26.3 Å². The van der Waals surface area contributed by atoms with Crippen LogP contribution >= 0.6 is 0 Å². The molecule has 0 atom stereocenters. The zero-order valence-electron chi connectivity index (χ0n) is 9.72. The highest BCUT2D eigenvalue weighted by Gasteiger charge is 2.11. The van der Waals surface area contributed by atoms with Gasteiger partial charge in [0.2, 0.25) is 0 Å². The fourth-order valence-electron chi connectivity index (χ4n) is 1.80. The first-order valence-corrected chi connectivity index (χ1v) is 5.49. The molecule has 0 aromatic heterocycles. The summed E-state index contributed by atoms with van der Waals surface area (Å²) in [6.07, 6.45) is 0. The van der Waals surface area contributed by atoms with Crippen LogP contribution < -0.4 is 0 Å². The maximum absolute atomic E-state index is 11.9. The van der Waals surface area contributed by atoms with Crippen LogP contribution in [0.2, 0.25) is 0 Å². The number of benzene rings is 2. The lowest BCUT2D eigenvalue weighted by atomic mass is 9.97. The van der Waals surface area contributed by atoms with E-state index in [2.05, 4.69) is 0 Å². The van der Waals surface area contributed by atoms with Crippen LogP contribution in [0.15, 0.2) is 54.6 Å². The van der Waals surface area contributed by atoms with Crippen molar-refractivity contribution >= 4 is 5.78 Å². The maximum Gasteiger partial charge on any atom is 0.189 e. The largest absolute Gasteiger partial charge is 0.377 e. The first-order chi connectivity index (χ1) is 8.33. The number of carbonyl (C=O) groups is 1. The third-order valence-corrected chi connectivity index (χ3v) is 2.59. The van der Waals surface area contributed by atoms with Gasteiger partial charge in [0.15, 0.2) is 5.78 Å². The summed E-state index contributed by atoms with van der Waals surface area (Å²) >= 11 is 0. The SMILES string of the molecule is COCC(=O)c1ccccc1-c1ccccc1. The van der Waals surface area contributed by atoms with Gasteiger partial charge in [-0.3, -0.25) is 4.79 Å². The van der Waals surface area contributed by atoms with E-state index in [1.165, 1.54) is 7.11 Å². The highest BCUT2D eigenvalue weighted by atomic mass is 16.5. The van der Waals surface area contributed by atoms with Crippen molar-refractivity contribution in [2.45, 2.75) is 0 Å². The summed E-state index contributed by atoms with van der Waals surface area (Å²) in [5.74, 6) is 0.00644. The van der Waals surface area contributed by atoms with Gasteiger partial charge < -0.3 is 4.74 Å². The van der Waals surface area contributed by atoms with Gasteiger partial charge in [-0.05, 0) is 11.1 Å². The fourth-order valence-corrected chi connectivity index (χ4v) is 1.80. The van der Waals surface area contributed by atoms with E-state index in [1.54, 1.807) is 0 Å². The number of hydrogen-bond acceptors (Lipinski definition) is 2. The Morgan fingerprint density at radius 2 is 1.65 bits per heavy atom. The van der Waals surface area contributed by atoms with Gasteiger partial charge in [-0.25, -0.2) is 0 Å². The van der Waals surface area contributed by atoms with E-state index in [1.807, 2.05) is 54.6 Å². The second-order valence-corrected chi connectivity index (χ2v) is 3.77. The van der Waals surface area contributed by atoms with Crippen molar-refractivity contribution in [2.75, 3.05) is 13.7 Å². The number of ether oxygens (including phenoxy) is 1. The van der Waals surface area contributed by atoms with Crippen molar-refractivity contribution in [3.05, 3.63) is 60.2 Å². The lowest BCUT2D eigenvalue weighted by Gasteiger charge is -2.08. The van der Waals surface area contributed by atoms with Crippen LogP contribution in [-0.4, -0.2) is 19.5 Å². The van der Waals surface area contributed by atoms with E-state index in [9.17, 15) is 4.79 Å². The number of hydrogen-bond donors (Lipinski definition) is 0. The highest BCUT2D eigenvalue weighted by molar-refractivity contribution is 6.03. The van der Waals surface area contributed by atoms with E-state index in [0.717, 1.165) is 11.1 Å². The van der Waals surface area contributed by atoms with E-state index >= 15 is 0 Å². The summed E-state index contributed by atoms with van der Waals surface area (Å²) in [6, 6.07) is 17.5. The molecule has 2 nitrogen and oxygen atoms in total. The van der Waals surface area contributed by atoms with Crippen LogP contribution in [0.25, 0.3) is 11.1 Å². The normalized spacial score (nSPS) is 10.2. The number of carbonyl (C=O) groups excluding carboxylic acids is 1. The summed E-state index contributed by atoms with van der Waals surface area (Å²) in [4.78, 5) is 11.9. The zero-order valence-corrected chi connectivity index (χ0v) is 9.72. The minimum absolute atomic E-state index is 0.00644. The molecule has 2 heteroatoms. The third kappa shape index (κ3) is 2.60. The summed E-state index contributed by atoms with van der Waals surface area (Å²) < 4.78 is 4.90. The Morgan fingerprint density at radius 1 is 1.00 bits per heavy atom. The average molecular weight is 226 g/mol. The monoisotopic (exact) mass is 226 g/mol. The molecule has 0 amide bonds. The van der Waals surface area contributed by atoms with Crippen molar-refractivity contribution in [2.24, 2.45) is 0 Å². The van der Waals surface area contributed by atoms with Crippen LogP contribution in [-0.2, 0) is 4.74 Å². The van der Waals surface area contributed by atoms with E-state index < -0.39 is 0 Å². The molecule has 2 aromatic carbocycles. The molecule has 0 spiro atoms. The van der Waals surface area contributed by atoms with Crippen molar-refractivity contribution in [3.8, 4) is 11.1 Å². The highest BCUT2D eigenvalue weighted by Crippen LogP contribution is 2.23. The quantitative estimate of drug-likeness (QED) is 0.748. The average Bonchev–Trinajstić information content (AvgIpc) is 2.40. The molecule has 0 heterocycles. The van der Waals surface area contributed by atoms with Crippen molar-refractivity contribution in [3.63, 3.8) is 0 Å². The van der Waals surface area contributed by atoms with E-state index in [0.29, 0.717) is 5.56 Å². The number of Topliss-reactive ketones (excluding diaryl/α,β-unsaturated/α-hetero) is 1. The molecule has 0 aliphatic rings. The number of rotatable bonds is 4. The molecule has 17 heavy (non-hydrogen) atoms. The first kappa shape index (κ1) is 11.6. The Labute approximate surface area is 101 Å². The molecular weight excluding hydrogens is 212 g/mol. The molecule has 0 aliphatic heterocycles. The molecule has 0 saturated carbocycles. The lowest BCUT2D eigenvalue weighted by molar-refractivity contribution is 0.0848. The molecule has 0 fully saturated rings. The van der Waals surface area contributed by atoms with Crippen molar-refractivity contribution in [1.82, 2.24) is 0 Å². The molecule has 0 aliphatic carbocycles. The Morgan fingerprint density at radius 3 is 2.35 bits per heavy atom. The van der Waals surface area contributed by atoms with Gasteiger partial charge in [0.05, 0.1) is 0 Å². The predicted octanol–water partition coefficient (Wildman–Crippen LogP) is 3.18. The van der Waals surface area contributed by atoms with E-state index in [-0.39, 0.29) is 12.4 Å². The summed E-state index contributed by atoms with van der Waals surface area (Å²) in [6.45, 7) is 0.115. The Hall–Kier alpha value is -1.93. The minimum Gasteiger partial charge on any atom is -0.377 e. The van der Waals surface area contributed by atoms with Crippen LogP contribution in [0.5, 0.6) is 0 Å². The molecule has 2 rings (SSSR count). The van der Waals surface area contributed by atoms with Gasteiger partial charge in [0, 0.05) is 12.7 Å². The smallest absolute Gasteiger partial charge is 0.189 e. The number of ketones is 1. The Balaban J connectivity index is 2.45. The van der Waals surface area contributed by atoms with Gasteiger partial charge in [-0.15, -0.1) is 0 Å². The molecule has 0 radical (unpaired) electrons. The standard InChI is InChI=1S/C15H14O2/c1-17-11-15(16)14-10-6-5-9-13(14)12-7-3-2-4-8-12/h2-10H,11H2,1H3. The molecule has 86 valence electrons. The van der Waals surface area contributed by atoms with Gasteiger partial charge >= 0.3 is 0 Å². The van der Waals surface area contributed by atoms with Crippen LogP contribution in [0.4, 0.5) is 0 Å². The molecule has 2 aromatic rings. The zero-order chi connectivity index (χ0) is 12.1. The van der Waals surface area contributed by atoms with Crippen molar-refractivity contribution < 1.29 is 9.53 Å². The fraction of sp³-hybridized carbons (Fsp3) is 0.133. The summed E-state index contributed by atoms with van der Waals surface area (Å²) in [5, 5.41) is 0. The third-order valence-electron chi connectivity index (χ3n) is 2.59. The molecular formula is C15H14O2. The Kier molecular flexibility index (Phi) is 3.68. The Bertz CT molecular complexity index is 503. The minimum atomic E-state index is 0.00644. The van der Waals surface area contributed by atoms with Gasteiger partial charge in [-0.2, -0.15) is 0 Å². The van der Waals surface area contributed by atoms with Gasteiger partial charge in [-0.1, -0.05) is 54.6 Å². The molecule has 0 N–H and O–H groups in total. The second-order valence-electron chi connectivity index (χ2n) is 3.77. The molecule has 0 unspecified atom stereocenters. The van der Waals surface area contributed by atoms with Gasteiger partial charge in [0.25, 0.3) is 0 Å². The second kappa shape index (κ2) is 5.41. The summed E-state index contributed by atoms with van der Waals surface area (Å²) in [7, 11) is 1.53. The van der Waals surface area contributed by atoms with Crippen LogP contribution in [0.3, 0.4) is 0 Å². The predicted molar refractivity (Wildman–Crippen MR) is 68.1 cm³/mol. The van der Waals surface area contributed by atoms with Crippen molar-refractivity contribution in [1.29, 1.82) is 0 Å². The van der Waals surface area contributed by atoms with E-state index in [4.69, 9.17) is 4.74 Å². The lowest BCUT2D eigenvalue weighted by Crippen LogP contribution is -2.08. The van der Waals surface area contributed by atoms with Crippen LogP contribution in [0, 0.1) is 0 Å². The number of methoxy groups -OCH3 is 1. The maximum atomic E-state index is 11.9. The molecule has 0 bridgehead atoms. The van der Waals surface area contributed by atoms with Crippen LogP contribution in [0.1, 0.15) is 10.4 Å². The first-order valence-electron chi connectivity index (χ1n) is 5.49.